The molecule has 6 rings (SSSR count). The molecule has 0 bridgehead atoms. The predicted octanol–water partition coefficient (Wildman–Crippen LogP) is 8.05. The molecule has 1 saturated heterocycles. The molecular formula is C29H24F5N3O2S. The third-order valence-corrected chi connectivity index (χ3v) is 8.14. The minimum absolute atomic E-state index is 0.0127. The van der Waals surface area contributed by atoms with Gasteiger partial charge in [0, 0.05) is 53.2 Å². The Bertz CT molecular complexity index is 1670. The maximum atomic E-state index is 14.6. The Hall–Kier alpha value is -3.70. The van der Waals surface area contributed by atoms with Crippen LogP contribution in [0.1, 0.15) is 18.9 Å². The SMILES string of the molecule is CC(F)(F)c1cc(F)c(F)cc1-c1sc2c(ccc3[nH]ncc32)c1Oc1ccc(OC2CN(CCCF)C2)cc1. The molecule has 5 nitrogen and oxygen atoms in total. The summed E-state index contributed by atoms with van der Waals surface area (Å²) in [4.78, 5) is 2.36. The van der Waals surface area contributed by atoms with Crippen LogP contribution in [0.3, 0.4) is 0 Å². The number of rotatable bonds is 9. The predicted molar refractivity (Wildman–Crippen MR) is 144 cm³/mol. The van der Waals surface area contributed by atoms with Crippen LogP contribution >= 0.6 is 11.3 Å². The van der Waals surface area contributed by atoms with Crippen LogP contribution in [0.15, 0.2) is 54.7 Å². The zero-order chi connectivity index (χ0) is 28.0. The lowest BCUT2D eigenvalue weighted by Gasteiger charge is -2.38. The molecule has 0 spiro atoms. The monoisotopic (exact) mass is 573 g/mol. The van der Waals surface area contributed by atoms with Crippen LogP contribution in [0.5, 0.6) is 17.2 Å². The van der Waals surface area contributed by atoms with E-state index in [4.69, 9.17) is 9.47 Å². The van der Waals surface area contributed by atoms with E-state index < -0.39 is 23.1 Å². The average molecular weight is 574 g/mol. The Labute approximate surface area is 230 Å². The molecule has 0 atom stereocenters. The summed E-state index contributed by atoms with van der Waals surface area (Å²) in [6.07, 6.45) is 2.14. The fourth-order valence-corrected chi connectivity index (χ4v) is 6.16. The highest BCUT2D eigenvalue weighted by atomic mass is 32.1. The summed E-state index contributed by atoms with van der Waals surface area (Å²) in [6.45, 7) is 2.46. The van der Waals surface area contributed by atoms with Gasteiger partial charge in [0.25, 0.3) is 5.92 Å². The molecule has 0 unspecified atom stereocenters. The van der Waals surface area contributed by atoms with Crippen molar-refractivity contribution < 1.29 is 31.4 Å². The Morgan fingerprint density at radius 2 is 1.75 bits per heavy atom. The van der Waals surface area contributed by atoms with E-state index in [-0.39, 0.29) is 29.0 Å². The van der Waals surface area contributed by atoms with E-state index in [2.05, 4.69) is 15.1 Å². The van der Waals surface area contributed by atoms with Crippen molar-refractivity contribution in [2.24, 2.45) is 0 Å². The molecule has 5 aromatic rings. The van der Waals surface area contributed by atoms with Gasteiger partial charge in [-0.2, -0.15) is 5.10 Å². The minimum Gasteiger partial charge on any atom is -0.488 e. The molecule has 208 valence electrons. The number of benzene rings is 3. The second-order valence-electron chi connectivity index (χ2n) is 9.85. The zero-order valence-electron chi connectivity index (χ0n) is 21.3. The maximum Gasteiger partial charge on any atom is 0.271 e. The van der Waals surface area contributed by atoms with Crippen LogP contribution in [0.4, 0.5) is 22.0 Å². The van der Waals surface area contributed by atoms with Gasteiger partial charge in [-0.05, 0) is 55.0 Å². The molecule has 2 aromatic heterocycles. The molecule has 40 heavy (non-hydrogen) atoms. The van der Waals surface area contributed by atoms with Crippen molar-refractivity contribution in [3.8, 4) is 27.7 Å². The zero-order valence-corrected chi connectivity index (χ0v) is 22.1. The maximum absolute atomic E-state index is 14.6. The summed E-state index contributed by atoms with van der Waals surface area (Å²) in [7, 11) is 0. The Morgan fingerprint density at radius 3 is 2.48 bits per heavy atom. The van der Waals surface area contributed by atoms with E-state index in [0.29, 0.717) is 47.5 Å². The van der Waals surface area contributed by atoms with Crippen LogP contribution in [-0.4, -0.2) is 47.5 Å². The number of likely N-dealkylation sites (tertiary alicyclic amines) is 1. The van der Waals surface area contributed by atoms with Gasteiger partial charge in [-0.15, -0.1) is 11.3 Å². The van der Waals surface area contributed by atoms with Crippen LogP contribution < -0.4 is 9.47 Å². The van der Waals surface area contributed by atoms with E-state index in [0.717, 1.165) is 41.4 Å². The first-order valence-electron chi connectivity index (χ1n) is 12.7. The van der Waals surface area contributed by atoms with Crippen molar-refractivity contribution in [3.63, 3.8) is 0 Å². The van der Waals surface area contributed by atoms with Crippen molar-refractivity contribution in [1.82, 2.24) is 15.1 Å². The number of nitrogens with one attached hydrogen (secondary N) is 1. The minimum atomic E-state index is -3.44. The average Bonchev–Trinajstić information content (AvgIpc) is 3.52. The summed E-state index contributed by atoms with van der Waals surface area (Å²) in [5, 5.41) is 8.31. The third kappa shape index (κ3) is 4.99. The molecule has 3 aromatic carbocycles. The molecule has 0 aliphatic carbocycles. The van der Waals surface area contributed by atoms with Crippen LogP contribution in [0.25, 0.3) is 31.4 Å². The van der Waals surface area contributed by atoms with E-state index in [1.807, 2.05) is 0 Å². The van der Waals surface area contributed by atoms with Crippen molar-refractivity contribution in [3.05, 3.63) is 71.9 Å². The van der Waals surface area contributed by atoms with Crippen molar-refractivity contribution in [2.75, 3.05) is 26.3 Å². The summed E-state index contributed by atoms with van der Waals surface area (Å²) in [6, 6.07) is 11.8. The molecule has 1 aliphatic heterocycles. The summed E-state index contributed by atoms with van der Waals surface area (Å²) in [5.41, 5.74) is -0.0588. The second-order valence-corrected chi connectivity index (χ2v) is 10.9. The standard InChI is InChI=1S/C29H24F5N3O2S/c1-29(33,34)22-12-24(32)23(31)11-20(22)28-26(19-7-8-25-21(13-35-36-25)27(19)40-28)39-17-5-3-16(4-6-17)38-18-14-37(15-18)10-2-9-30/h3-8,11-13,18H,2,9-10,14-15H2,1H3,(H,35,36). The molecule has 1 fully saturated rings. The lowest BCUT2D eigenvalue weighted by Crippen LogP contribution is -2.53. The molecule has 1 aliphatic rings. The number of aromatic nitrogens is 2. The highest BCUT2D eigenvalue weighted by Crippen LogP contribution is 2.51. The number of fused-ring (bicyclic) bond motifs is 3. The highest BCUT2D eigenvalue weighted by molar-refractivity contribution is 7.23. The van der Waals surface area contributed by atoms with Crippen LogP contribution in [0, 0.1) is 11.6 Å². The normalized spacial score (nSPS) is 14.7. The highest BCUT2D eigenvalue weighted by Gasteiger charge is 2.33. The molecule has 3 heterocycles. The Morgan fingerprint density at radius 1 is 1.02 bits per heavy atom. The lowest BCUT2D eigenvalue weighted by atomic mass is 9.99. The summed E-state index contributed by atoms with van der Waals surface area (Å²) < 4.78 is 83.0. The number of thiophene rings is 1. The van der Waals surface area contributed by atoms with Gasteiger partial charge in [-0.25, -0.2) is 17.6 Å². The van der Waals surface area contributed by atoms with Crippen LogP contribution in [-0.2, 0) is 5.92 Å². The molecule has 1 N–H and O–H groups in total. The summed E-state index contributed by atoms with van der Waals surface area (Å²) >= 11 is 1.14. The number of hydrogen-bond donors (Lipinski definition) is 1. The number of halogens is 5. The van der Waals surface area contributed by atoms with Crippen molar-refractivity contribution in [2.45, 2.75) is 25.4 Å². The quantitative estimate of drug-likeness (QED) is 0.181. The van der Waals surface area contributed by atoms with Gasteiger partial charge in [-0.1, -0.05) is 0 Å². The van der Waals surface area contributed by atoms with E-state index in [1.165, 1.54) is 0 Å². The van der Waals surface area contributed by atoms with Crippen LogP contribution in [0.2, 0.25) is 0 Å². The number of ether oxygens (including phenoxy) is 2. The van der Waals surface area contributed by atoms with E-state index in [1.54, 1.807) is 42.6 Å². The van der Waals surface area contributed by atoms with Gasteiger partial charge >= 0.3 is 0 Å². The lowest BCUT2D eigenvalue weighted by molar-refractivity contribution is 0.0176. The number of nitrogens with zero attached hydrogens (tertiary/aromatic N) is 2. The number of H-pyrrole nitrogens is 1. The molecule has 11 heteroatoms. The Kier molecular flexibility index (Phi) is 6.87. The number of alkyl halides is 3. The molecule has 0 radical (unpaired) electrons. The van der Waals surface area contributed by atoms with Gasteiger partial charge in [0.1, 0.15) is 17.6 Å². The first kappa shape index (κ1) is 26.5. The smallest absolute Gasteiger partial charge is 0.271 e. The van der Waals surface area contributed by atoms with Gasteiger partial charge in [0.15, 0.2) is 17.4 Å². The second kappa shape index (κ2) is 10.4. The summed E-state index contributed by atoms with van der Waals surface area (Å²) in [5.74, 6) is -4.74. The van der Waals surface area contributed by atoms with Gasteiger partial charge in [0.2, 0.25) is 0 Å². The first-order chi connectivity index (χ1) is 19.2. The molecular weight excluding hydrogens is 549 g/mol. The van der Waals surface area contributed by atoms with E-state index >= 15 is 0 Å². The fraction of sp³-hybridized carbons (Fsp3) is 0.276. The number of aromatic amines is 1. The van der Waals surface area contributed by atoms with Gasteiger partial charge < -0.3 is 9.47 Å². The van der Waals surface area contributed by atoms with Crippen molar-refractivity contribution >= 4 is 32.3 Å². The van der Waals surface area contributed by atoms with Gasteiger partial charge in [-0.3, -0.25) is 14.4 Å². The Balaban J connectivity index is 1.36. The third-order valence-electron chi connectivity index (χ3n) is 6.89. The first-order valence-corrected chi connectivity index (χ1v) is 13.5. The molecule has 0 amide bonds. The topological polar surface area (TPSA) is 50.4 Å². The van der Waals surface area contributed by atoms with E-state index in [9.17, 15) is 22.0 Å². The molecule has 0 saturated carbocycles. The van der Waals surface area contributed by atoms with Crippen molar-refractivity contribution in [1.29, 1.82) is 0 Å². The fourth-order valence-electron chi connectivity index (χ4n) is 4.89. The largest absolute Gasteiger partial charge is 0.488 e. The van der Waals surface area contributed by atoms with Gasteiger partial charge in [0.05, 0.1) is 23.3 Å². The number of hydrogen-bond acceptors (Lipinski definition) is 5.